The van der Waals surface area contributed by atoms with Crippen LogP contribution in [0.15, 0.2) is 0 Å². The normalized spacial score (nSPS) is 0. The Morgan fingerprint density at radius 1 is 0.400 bits per heavy atom. The average Bonchev–Trinajstić information content (AvgIpc) is 0. The van der Waals surface area contributed by atoms with Gasteiger partial charge in [-0.1, -0.05) is 0 Å². The summed E-state index contributed by atoms with van der Waals surface area (Å²) in [5.41, 5.74) is 0. The first-order chi connectivity index (χ1) is 0. The van der Waals surface area contributed by atoms with Gasteiger partial charge in [0.2, 0.25) is 0 Å². The van der Waals surface area contributed by atoms with Crippen molar-refractivity contribution in [3.63, 3.8) is 0 Å². The van der Waals surface area contributed by atoms with Gasteiger partial charge in [-0.2, -0.15) is 0 Å². The molecule has 0 aliphatic carbocycles. The molecule has 0 aromatic rings. The Morgan fingerprint density at radius 2 is 0.400 bits per heavy atom. The molecule has 0 nitrogen and oxygen atoms in total. The molecule has 0 spiro atoms. The van der Waals surface area contributed by atoms with Crippen molar-refractivity contribution in [2.24, 2.45) is 0 Å². The van der Waals surface area contributed by atoms with E-state index in [1.54, 1.807) is 0 Å². The fraction of sp³-hybridized carbons (Fsp3) is 0. The monoisotopic (exact) mass is 321 g/mol. The van der Waals surface area contributed by atoms with E-state index in [1.165, 1.54) is 0 Å². The largest absolute Gasteiger partial charge is 1.00 e. The molecular weight excluding hydrogens is 323 g/mol. The van der Waals surface area contributed by atoms with Crippen LogP contribution in [0.3, 0.4) is 0 Å². The predicted octanol–water partition coefficient (Wildman–Crippen LogP) is -12.0. The van der Waals surface area contributed by atoms with Crippen LogP contribution in [0.2, 0.25) is 0 Å². The van der Waals surface area contributed by atoms with Gasteiger partial charge in [0.05, 0.1) is 0 Å². The molecule has 37 valence electrons. The third-order valence-corrected chi connectivity index (χ3v) is 0. The van der Waals surface area contributed by atoms with Crippen LogP contribution < -0.4 is 49.6 Å². The minimum atomic E-state index is 0. The van der Waals surface area contributed by atoms with E-state index >= 15 is 0 Å². The second kappa shape index (κ2) is 39.2. The van der Waals surface area contributed by atoms with Crippen molar-refractivity contribution in [2.45, 2.75) is 0 Å². The van der Waals surface area contributed by atoms with Gasteiger partial charge < -0.3 is 49.6 Å². The molecule has 0 atom stereocenters. The van der Waals surface area contributed by atoms with Crippen molar-refractivity contribution < 1.29 is 72.0 Å². The maximum Gasteiger partial charge on any atom is 0 e. The van der Waals surface area contributed by atoms with Gasteiger partial charge in [-0.15, -0.1) is 0 Å². The number of hydrogen-bond acceptors (Lipinski definition) is 0. The first kappa shape index (κ1) is 66.5. The molecule has 0 amide bonds. The Hall–Kier alpha value is 1.90. The molecule has 1 radical (unpaired) electrons. The van der Waals surface area contributed by atoms with Gasteiger partial charge in [-0.25, -0.2) is 0 Å². The molecule has 0 heterocycles. The van der Waals surface area contributed by atoms with E-state index in [9.17, 15) is 0 Å². The maximum absolute atomic E-state index is 0. The standard InChI is InChI=1S/4ClH.Ta/h4*1H;/p-4. The first-order valence-electron chi connectivity index (χ1n) is 0. The van der Waals surface area contributed by atoms with Crippen LogP contribution in [-0.2, 0) is 22.4 Å². The minimum absolute atomic E-state index is 0. The smallest absolute Gasteiger partial charge is 0 e. The quantitative estimate of drug-likeness (QED) is 0.416. The third kappa shape index (κ3) is 24.9. The molecule has 0 saturated heterocycles. The van der Waals surface area contributed by atoms with Gasteiger partial charge in [-0.05, 0) is 0 Å². The van der Waals surface area contributed by atoms with Crippen molar-refractivity contribution in [1.82, 2.24) is 0 Å². The molecule has 0 N–H and O–H groups in total. The van der Waals surface area contributed by atoms with Crippen LogP contribution in [0.5, 0.6) is 0 Å². The van der Waals surface area contributed by atoms with Crippen LogP contribution >= 0.6 is 0 Å². The van der Waals surface area contributed by atoms with Gasteiger partial charge in [0.15, 0.2) is 0 Å². The van der Waals surface area contributed by atoms with Gasteiger partial charge in [0.25, 0.3) is 0 Å². The molecule has 0 fully saturated rings. The number of rotatable bonds is 0. The van der Waals surface area contributed by atoms with Gasteiger partial charge in [0.1, 0.15) is 0 Å². The average molecular weight is 323 g/mol. The molecule has 0 aromatic carbocycles. The van der Waals surface area contributed by atoms with Crippen LogP contribution in [0.1, 0.15) is 0 Å². The fourth-order valence-corrected chi connectivity index (χ4v) is 0. The molecule has 0 bridgehead atoms. The van der Waals surface area contributed by atoms with Crippen molar-refractivity contribution in [1.29, 1.82) is 0 Å². The zero-order valence-corrected chi connectivity index (χ0v) is 8.20. The van der Waals surface area contributed by atoms with Crippen LogP contribution in [-0.4, -0.2) is 0 Å². The van der Waals surface area contributed by atoms with E-state index < -0.39 is 0 Å². The maximum atomic E-state index is 0. The molecule has 0 rings (SSSR count). The predicted molar refractivity (Wildman–Crippen MR) is 0 cm³/mol. The van der Waals surface area contributed by atoms with E-state index in [2.05, 4.69) is 0 Å². The summed E-state index contributed by atoms with van der Waals surface area (Å²) in [7, 11) is 0. The van der Waals surface area contributed by atoms with Crippen LogP contribution in [0, 0.1) is 0 Å². The Morgan fingerprint density at radius 3 is 0.400 bits per heavy atom. The first-order valence-corrected chi connectivity index (χ1v) is 0. The summed E-state index contributed by atoms with van der Waals surface area (Å²) in [6, 6.07) is 0. The zero-order chi connectivity index (χ0) is 0. The Kier molecular flexibility index (Phi) is 522. The van der Waals surface area contributed by atoms with Gasteiger partial charge >= 0.3 is 0 Å². The summed E-state index contributed by atoms with van der Waals surface area (Å²) in [4.78, 5) is 0. The van der Waals surface area contributed by atoms with Crippen molar-refractivity contribution in [3.8, 4) is 0 Å². The third-order valence-electron chi connectivity index (χ3n) is 0. The van der Waals surface area contributed by atoms with Crippen molar-refractivity contribution >= 4 is 0 Å². The van der Waals surface area contributed by atoms with E-state index in [1.807, 2.05) is 0 Å². The Bertz CT molecular complexity index is 3.61. The minimum Gasteiger partial charge on any atom is -1.00 e. The molecule has 0 aromatic heterocycles. The Labute approximate surface area is 71.6 Å². The molecular formula is Cl4Ta-4. The second-order valence-corrected chi connectivity index (χ2v) is 0. The summed E-state index contributed by atoms with van der Waals surface area (Å²) in [6.45, 7) is 0. The summed E-state index contributed by atoms with van der Waals surface area (Å²) in [5, 5.41) is 0. The molecule has 0 aliphatic rings. The van der Waals surface area contributed by atoms with Gasteiger partial charge in [-0.3, -0.25) is 0 Å². The van der Waals surface area contributed by atoms with E-state index in [-0.39, 0.29) is 72.0 Å². The summed E-state index contributed by atoms with van der Waals surface area (Å²) >= 11 is 0. The summed E-state index contributed by atoms with van der Waals surface area (Å²) < 4.78 is 0. The van der Waals surface area contributed by atoms with E-state index in [0.29, 0.717) is 0 Å². The number of halogens is 4. The van der Waals surface area contributed by atoms with Crippen molar-refractivity contribution in [3.05, 3.63) is 0 Å². The van der Waals surface area contributed by atoms with Crippen LogP contribution in [0.4, 0.5) is 0 Å². The molecule has 5 heavy (non-hydrogen) atoms. The summed E-state index contributed by atoms with van der Waals surface area (Å²) in [5.74, 6) is 0. The topological polar surface area (TPSA) is 0 Å². The molecule has 0 unspecified atom stereocenters. The molecule has 5 heteroatoms. The second-order valence-electron chi connectivity index (χ2n) is 0. The van der Waals surface area contributed by atoms with Gasteiger partial charge in [0, 0.05) is 22.4 Å². The Balaban J connectivity index is 0. The SMILES string of the molecule is [Cl-].[Cl-].[Cl-].[Cl-].[Ta]. The molecule has 0 aliphatic heterocycles. The summed E-state index contributed by atoms with van der Waals surface area (Å²) in [6.07, 6.45) is 0. The van der Waals surface area contributed by atoms with Crippen molar-refractivity contribution in [2.75, 3.05) is 0 Å². The zero-order valence-electron chi connectivity index (χ0n) is 1.96. The fourth-order valence-electron chi connectivity index (χ4n) is 0. The van der Waals surface area contributed by atoms with Crippen LogP contribution in [0.25, 0.3) is 0 Å². The van der Waals surface area contributed by atoms with E-state index in [0.717, 1.165) is 0 Å². The molecule has 0 saturated carbocycles. The number of hydrogen-bond donors (Lipinski definition) is 0. The van der Waals surface area contributed by atoms with E-state index in [4.69, 9.17) is 0 Å².